The average molecular weight is 214 g/mol. The summed E-state index contributed by atoms with van der Waals surface area (Å²) in [7, 11) is -2.93. The predicted octanol–water partition coefficient (Wildman–Crippen LogP) is 0.927. The van der Waals surface area contributed by atoms with Crippen molar-refractivity contribution in [3.63, 3.8) is 0 Å². The molecule has 1 rings (SSSR count). The Labute approximate surface area is 84.3 Å². The van der Waals surface area contributed by atoms with Gasteiger partial charge in [0.1, 0.15) is 9.84 Å². The fourth-order valence-electron chi connectivity index (χ4n) is 1.23. The molecule has 1 aromatic rings. The Morgan fingerprint density at radius 1 is 1.57 bits per heavy atom. The molecular formula is C9H14N2O2S. The lowest BCUT2D eigenvalue weighted by atomic mass is 10.3. The number of anilines is 1. The van der Waals surface area contributed by atoms with Crippen LogP contribution < -0.4 is 5.32 Å². The van der Waals surface area contributed by atoms with E-state index in [-0.39, 0.29) is 11.8 Å². The highest BCUT2D eigenvalue weighted by molar-refractivity contribution is 7.90. The molecular weight excluding hydrogens is 200 g/mol. The Kier molecular flexibility index (Phi) is 3.46. The van der Waals surface area contributed by atoms with Crippen molar-refractivity contribution in [3.8, 4) is 0 Å². The molecule has 0 radical (unpaired) electrons. The molecule has 1 atom stereocenters. The number of hydrogen-bond donors (Lipinski definition) is 1. The van der Waals surface area contributed by atoms with E-state index in [1.165, 1.54) is 6.26 Å². The molecule has 0 fully saturated rings. The van der Waals surface area contributed by atoms with Crippen molar-refractivity contribution in [3.05, 3.63) is 24.5 Å². The molecule has 0 amide bonds. The summed E-state index contributed by atoms with van der Waals surface area (Å²) in [5, 5.41) is 3.06. The van der Waals surface area contributed by atoms with Gasteiger partial charge in [-0.1, -0.05) is 0 Å². The van der Waals surface area contributed by atoms with E-state index in [1.54, 1.807) is 18.5 Å². The molecule has 1 heterocycles. The van der Waals surface area contributed by atoms with Gasteiger partial charge in [-0.25, -0.2) is 8.42 Å². The van der Waals surface area contributed by atoms with Gasteiger partial charge in [-0.3, -0.25) is 4.98 Å². The van der Waals surface area contributed by atoms with Crippen LogP contribution in [0.15, 0.2) is 24.5 Å². The van der Waals surface area contributed by atoms with Gasteiger partial charge in [0, 0.05) is 24.7 Å². The number of pyridine rings is 1. The lowest BCUT2D eigenvalue weighted by molar-refractivity contribution is 0.598. The Balaban J connectivity index is 2.54. The third-order valence-corrected chi connectivity index (χ3v) is 2.73. The highest BCUT2D eigenvalue weighted by Gasteiger charge is 2.09. The van der Waals surface area contributed by atoms with Gasteiger partial charge in [0.15, 0.2) is 0 Å². The van der Waals surface area contributed by atoms with Crippen LogP contribution in [0, 0.1) is 0 Å². The summed E-state index contributed by atoms with van der Waals surface area (Å²) in [5.74, 6) is 0.127. The second-order valence-corrected chi connectivity index (χ2v) is 5.56. The standard InChI is InChI=1S/C9H14N2O2S/c1-8(7-14(2,12)13)11-9-4-3-5-10-6-9/h3-6,8,11H,7H2,1-2H3. The molecule has 78 valence electrons. The van der Waals surface area contributed by atoms with Crippen LogP contribution >= 0.6 is 0 Å². The van der Waals surface area contributed by atoms with Gasteiger partial charge in [-0.2, -0.15) is 0 Å². The largest absolute Gasteiger partial charge is 0.380 e. The normalized spacial score (nSPS) is 13.6. The molecule has 0 aliphatic rings. The number of rotatable bonds is 4. The molecule has 0 saturated carbocycles. The van der Waals surface area contributed by atoms with Crippen molar-refractivity contribution in [2.75, 3.05) is 17.3 Å². The SMILES string of the molecule is CC(CS(C)(=O)=O)Nc1cccnc1. The summed E-state index contributed by atoms with van der Waals surface area (Å²) in [4.78, 5) is 3.92. The smallest absolute Gasteiger partial charge is 0.149 e. The number of nitrogens with zero attached hydrogens (tertiary/aromatic N) is 1. The third kappa shape index (κ3) is 4.23. The first-order chi connectivity index (χ1) is 6.47. The van der Waals surface area contributed by atoms with Gasteiger partial charge in [0.25, 0.3) is 0 Å². The van der Waals surface area contributed by atoms with Crippen molar-refractivity contribution in [2.45, 2.75) is 13.0 Å². The molecule has 0 spiro atoms. The van der Waals surface area contributed by atoms with Crippen molar-refractivity contribution < 1.29 is 8.42 Å². The van der Waals surface area contributed by atoms with Crippen LogP contribution in [0.25, 0.3) is 0 Å². The number of nitrogens with one attached hydrogen (secondary N) is 1. The molecule has 4 nitrogen and oxygen atoms in total. The Hall–Kier alpha value is -1.10. The maximum Gasteiger partial charge on any atom is 0.149 e. The highest BCUT2D eigenvalue weighted by atomic mass is 32.2. The Bertz CT molecular complexity index is 375. The molecule has 0 aromatic carbocycles. The van der Waals surface area contributed by atoms with Crippen LogP contribution in [0.5, 0.6) is 0 Å². The molecule has 0 aliphatic heterocycles. The zero-order chi connectivity index (χ0) is 10.6. The van der Waals surface area contributed by atoms with E-state index in [4.69, 9.17) is 0 Å². The molecule has 1 unspecified atom stereocenters. The first-order valence-electron chi connectivity index (χ1n) is 4.31. The fourth-order valence-corrected chi connectivity index (χ4v) is 2.22. The minimum Gasteiger partial charge on any atom is -0.380 e. The Morgan fingerprint density at radius 3 is 2.79 bits per heavy atom. The highest BCUT2D eigenvalue weighted by Crippen LogP contribution is 2.05. The van der Waals surface area contributed by atoms with E-state index in [2.05, 4.69) is 10.3 Å². The van der Waals surface area contributed by atoms with Crippen molar-refractivity contribution in [1.82, 2.24) is 4.98 Å². The lowest BCUT2D eigenvalue weighted by Gasteiger charge is -2.13. The van der Waals surface area contributed by atoms with Gasteiger partial charge >= 0.3 is 0 Å². The molecule has 1 aromatic heterocycles. The molecule has 1 N–H and O–H groups in total. The summed E-state index contributed by atoms with van der Waals surface area (Å²) in [5.41, 5.74) is 0.837. The molecule has 5 heteroatoms. The van der Waals surface area contributed by atoms with Gasteiger partial charge in [0.2, 0.25) is 0 Å². The first kappa shape index (κ1) is 11.0. The van der Waals surface area contributed by atoms with E-state index in [1.807, 2.05) is 13.0 Å². The van der Waals surface area contributed by atoms with Crippen LogP contribution in [0.1, 0.15) is 6.92 Å². The predicted molar refractivity (Wildman–Crippen MR) is 57.0 cm³/mol. The van der Waals surface area contributed by atoms with E-state index in [0.717, 1.165) is 5.69 Å². The zero-order valence-corrected chi connectivity index (χ0v) is 9.08. The van der Waals surface area contributed by atoms with E-state index in [0.29, 0.717) is 0 Å². The maximum atomic E-state index is 11.0. The van der Waals surface area contributed by atoms with Crippen LogP contribution in [-0.2, 0) is 9.84 Å². The van der Waals surface area contributed by atoms with Crippen molar-refractivity contribution in [1.29, 1.82) is 0 Å². The second-order valence-electron chi connectivity index (χ2n) is 3.38. The quantitative estimate of drug-likeness (QED) is 0.810. The van der Waals surface area contributed by atoms with Gasteiger partial charge in [-0.15, -0.1) is 0 Å². The molecule has 0 aliphatic carbocycles. The second kappa shape index (κ2) is 4.41. The third-order valence-electron chi connectivity index (χ3n) is 1.63. The van der Waals surface area contributed by atoms with E-state index < -0.39 is 9.84 Å². The Morgan fingerprint density at radius 2 is 2.29 bits per heavy atom. The van der Waals surface area contributed by atoms with Gasteiger partial charge < -0.3 is 5.32 Å². The van der Waals surface area contributed by atoms with Crippen molar-refractivity contribution >= 4 is 15.5 Å². The monoisotopic (exact) mass is 214 g/mol. The van der Waals surface area contributed by atoms with Crippen LogP contribution in [0.4, 0.5) is 5.69 Å². The minimum absolute atomic E-state index is 0.103. The lowest BCUT2D eigenvalue weighted by Crippen LogP contribution is -2.24. The summed E-state index contributed by atoms with van der Waals surface area (Å²) < 4.78 is 22.0. The van der Waals surface area contributed by atoms with Crippen LogP contribution in [0.3, 0.4) is 0 Å². The van der Waals surface area contributed by atoms with E-state index in [9.17, 15) is 8.42 Å². The molecule has 0 saturated heterocycles. The van der Waals surface area contributed by atoms with Crippen molar-refractivity contribution in [2.24, 2.45) is 0 Å². The van der Waals surface area contributed by atoms with Gasteiger partial charge in [-0.05, 0) is 19.1 Å². The number of sulfone groups is 1. The van der Waals surface area contributed by atoms with Crippen LogP contribution in [-0.4, -0.2) is 31.5 Å². The topological polar surface area (TPSA) is 59.1 Å². The zero-order valence-electron chi connectivity index (χ0n) is 8.27. The van der Waals surface area contributed by atoms with Crippen LogP contribution in [0.2, 0.25) is 0 Å². The molecule has 0 bridgehead atoms. The van der Waals surface area contributed by atoms with Gasteiger partial charge in [0.05, 0.1) is 11.4 Å². The van der Waals surface area contributed by atoms with E-state index >= 15 is 0 Å². The fraction of sp³-hybridized carbons (Fsp3) is 0.444. The maximum absolute atomic E-state index is 11.0. The summed E-state index contributed by atoms with van der Waals surface area (Å²) in [6.45, 7) is 1.83. The number of aromatic nitrogens is 1. The first-order valence-corrected chi connectivity index (χ1v) is 6.38. The number of hydrogen-bond acceptors (Lipinski definition) is 4. The minimum atomic E-state index is -2.93. The molecule has 14 heavy (non-hydrogen) atoms. The summed E-state index contributed by atoms with van der Waals surface area (Å²) in [6.07, 6.45) is 4.57. The summed E-state index contributed by atoms with van der Waals surface area (Å²) in [6, 6.07) is 3.55. The average Bonchev–Trinajstić information content (AvgIpc) is 2.02. The summed E-state index contributed by atoms with van der Waals surface area (Å²) >= 11 is 0.